The first-order valence-corrected chi connectivity index (χ1v) is 10.4. The fourth-order valence-corrected chi connectivity index (χ4v) is 4.54. The average Bonchev–Trinajstić information content (AvgIpc) is 2.96. The molecular weight excluding hydrogens is 377 g/mol. The van der Waals surface area contributed by atoms with E-state index in [9.17, 15) is 9.18 Å². The number of halogens is 1. The summed E-state index contributed by atoms with van der Waals surface area (Å²) in [5.74, 6) is 0.0562. The molecule has 1 aliphatic heterocycles. The van der Waals surface area contributed by atoms with Gasteiger partial charge in [0.05, 0.1) is 12.1 Å². The van der Waals surface area contributed by atoms with Crippen LogP contribution in [0.5, 0.6) is 0 Å². The molecule has 5 nitrogen and oxygen atoms in total. The highest BCUT2D eigenvalue weighted by Crippen LogP contribution is 2.25. The first-order valence-electron chi connectivity index (χ1n) is 9.08. The normalized spacial score (nSPS) is 18.4. The number of benzene rings is 2. The topological polar surface area (TPSA) is 62.7 Å². The van der Waals surface area contributed by atoms with E-state index in [4.69, 9.17) is 4.74 Å². The predicted molar refractivity (Wildman–Crippen MR) is 110 cm³/mol. The van der Waals surface area contributed by atoms with Crippen LogP contribution >= 0.6 is 0 Å². The Morgan fingerprint density at radius 1 is 1.21 bits per heavy atom. The maximum Gasteiger partial charge on any atom is 0.408 e. The number of amides is 1. The van der Waals surface area contributed by atoms with Crippen LogP contribution in [0.2, 0.25) is 0 Å². The van der Waals surface area contributed by atoms with Crippen LogP contribution in [0.4, 0.5) is 9.18 Å². The van der Waals surface area contributed by atoms with Gasteiger partial charge < -0.3 is 10.1 Å². The second-order valence-electron chi connectivity index (χ2n) is 6.64. The van der Waals surface area contributed by atoms with Crippen molar-refractivity contribution in [2.45, 2.75) is 19.1 Å². The molecule has 2 atom stereocenters. The summed E-state index contributed by atoms with van der Waals surface area (Å²) in [6.07, 6.45) is 3.41. The van der Waals surface area contributed by atoms with Gasteiger partial charge in [-0.2, -0.15) is 0 Å². The van der Waals surface area contributed by atoms with Crippen LogP contribution in [0.3, 0.4) is 0 Å². The van der Waals surface area contributed by atoms with Gasteiger partial charge in [0.2, 0.25) is 0 Å². The van der Waals surface area contributed by atoms with E-state index in [1.807, 2.05) is 42.5 Å². The lowest BCUT2D eigenvalue weighted by molar-refractivity contribution is 0.129. The monoisotopic (exact) mass is 401 g/mol. The van der Waals surface area contributed by atoms with Gasteiger partial charge in [0, 0.05) is 17.9 Å². The highest BCUT2D eigenvalue weighted by atomic mass is 32.2. The molecule has 0 bridgehead atoms. The number of nitrogens with one attached hydrogen (secondary N) is 2. The summed E-state index contributed by atoms with van der Waals surface area (Å²) in [7, 11) is -0.521. The fraction of sp³-hybridized carbons (Fsp3) is 0.286. The predicted octanol–water partition coefficient (Wildman–Crippen LogP) is 3.84. The van der Waals surface area contributed by atoms with Crippen LogP contribution in [0.15, 0.2) is 71.1 Å². The lowest BCUT2D eigenvalue weighted by Gasteiger charge is -2.32. The number of hydrogen-bond donors (Lipinski definition) is 2. The number of carbonyl (C=O) groups is 1. The summed E-state index contributed by atoms with van der Waals surface area (Å²) in [6, 6.07) is 15.9. The molecule has 148 valence electrons. The molecule has 0 fully saturated rings. The lowest BCUT2D eigenvalue weighted by atomic mass is 9.94. The number of nitrogens with zero attached hydrogens (tertiary/aromatic N) is 1. The molecule has 0 saturated heterocycles. The summed E-state index contributed by atoms with van der Waals surface area (Å²) in [6.45, 7) is 3.25. The third-order valence-electron chi connectivity index (χ3n) is 4.35. The minimum absolute atomic E-state index is 0.151. The summed E-state index contributed by atoms with van der Waals surface area (Å²) in [5.41, 5.74) is 0.329. The summed E-state index contributed by atoms with van der Waals surface area (Å²) in [4.78, 5) is 12.5. The van der Waals surface area contributed by atoms with E-state index in [-0.39, 0.29) is 12.4 Å². The molecule has 0 radical (unpaired) electrons. The largest absolute Gasteiger partial charge is 0.445 e. The van der Waals surface area contributed by atoms with Gasteiger partial charge in [-0.25, -0.2) is 13.5 Å². The van der Waals surface area contributed by atoms with E-state index < -0.39 is 22.5 Å². The highest BCUT2D eigenvalue weighted by Gasteiger charge is 2.33. The molecular formula is C21H24FN3O2S. The van der Waals surface area contributed by atoms with Gasteiger partial charge in [-0.1, -0.05) is 60.7 Å². The quantitative estimate of drug-likeness (QED) is 0.723. The number of rotatable bonds is 6. The average molecular weight is 402 g/mol. The Kier molecular flexibility index (Phi) is 6.95. The zero-order chi connectivity index (χ0) is 19.8. The summed E-state index contributed by atoms with van der Waals surface area (Å²) < 4.78 is 27.8. The van der Waals surface area contributed by atoms with Crippen molar-refractivity contribution < 1.29 is 13.9 Å². The second-order valence-corrected chi connectivity index (χ2v) is 8.20. The van der Waals surface area contributed by atoms with Gasteiger partial charge in [-0.3, -0.25) is 4.72 Å². The van der Waals surface area contributed by atoms with Crippen LogP contribution in [0.25, 0.3) is 0 Å². The van der Waals surface area contributed by atoms with E-state index >= 15 is 0 Å². The Balaban J connectivity index is 1.76. The summed E-state index contributed by atoms with van der Waals surface area (Å²) >= 11 is 0. The minimum Gasteiger partial charge on any atom is -0.445 e. The second kappa shape index (κ2) is 9.61. The SMILES string of the molecule is CC(CS1=NCC=CCN1)(NC(=O)OCc1ccccc1)c1ccccc1F. The Labute approximate surface area is 167 Å². The zero-order valence-corrected chi connectivity index (χ0v) is 16.5. The Morgan fingerprint density at radius 2 is 1.96 bits per heavy atom. The van der Waals surface area contributed by atoms with Crippen molar-refractivity contribution in [1.29, 1.82) is 0 Å². The Hall–Kier alpha value is -2.51. The molecule has 7 heteroatoms. The summed E-state index contributed by atoms with van der Waals surface area (Å²) in [5, 5.41) is 2.87. The molecule has 2 aromatic rings. The van der Waals surface area contributed by atoms with Crippen LogP contribution in [0.1, 0.15) is 18.1 Å². The molecule has 1 heterocycles. The van der Waals surface area contributed by atoms with Gasteiger partial charge in [-0.05, 0) is 29.4 Å². The van der Waals surface area contributed by atoms with E-state index in [1.165, 1.54) is 6.07 Å². The molecule has 0 saturated carbocycles. The standard InChI is InChI=1S/C21H24FN3O2S/c1-21(18-11-5-6-12-19(18)22,16-28-23-13-7-8-14-24-28)25-20(26)27-15-17-9-3-2-4-10-17/h2-12H,13-16H2,1H3,(H,23,24)(H,25,26). The van der Waals surface area contributed by atoms with E-state index in [0.29, 0.717) is 24.4 Å². The maximum absolute atomic E-state index is 14.6. The molecule has 2 unspecified atom stereocenters. The van der Waals surface area contributed by atoms with Gasteiger partial charge in [0.15, 0.2) is 0 Å². The molecule has 0 spiro atoms. The van der Waals surface area contributed by atoms with Crippen molar-refractivity contribution in [1.82, 2.24) is 10.0 Å². The van der Waals surface area contributed by atoms with Crippen molar-refractivity contribution in [2.75, 3.05) is 18.8 Å². The molecule has 0 aliphatic carbocycles. The fourth-order valence-electron chi connectivity index (χ4n) is 2.93. The molecule has 0 aromatic heterocycles. The first-order chi connectivity index (χ1) is 13.6. The van der Waals surface area contributed by atoms with Crippen molar-refractivity contribution >= 4 is 17.0 Å². The number of hydrogen-bond acceptors (Lipinski definition) is 4. The van der Waals surface area contributed by atoms with Crippen molar-refractivity contribution in [2.24, 2.45) is 4.36 Å². The van der Waals surface area contributed by atoms with Crippen LogP contribution in [-0.4, -0.2) is 24.9 Å². The molecule has 1 amide bonds. The lowest BCUT2D eigenvalue weighted by Crippen LogP contribution is -2.49. The number of carbonyl (C=O) groups excluding carboxylic acids is 1. The van der Waals surface area contributed by atoms with Crippen LogP contribution in [0, 0.1) is 5.82 Å². The molecule has 28 heavy (non-hydrogen) atoms. The third-order valence-corrected chi connectivity index (χ3v) is 6.17. The minimum atomic E-state index is -0.969. The van der Waals surface area contributed by atoms with Crippen molar-refractivity contribution in [3.63, 3.8) is 0 Å². The first kappa shape index (κ1) is 20.2. The molecule has 3 rings (SSSR count). The highest BCUT2D eigenvalue weighted by molar-refractivity contribution is 7.85. The molecule has 2 N–H and O–H groups in total. The van der Waals surface area contributed by atoms with E-state index in [1.54, 1.807) is 25.1 Å². The van der Waals surface area contributed by atoms with Gasteiger partial charge in [0.1, 0.15) is 12.4 Å². The maximum atomic E-state index is 14.6. The van der Waals surface area contributed by atoms with Gasteiger partial charge in [-0.15, -0.1) is 0 Å². The third kappa shape index (κ3) is 5.50. The molecule has 2 aromatic carbocycles. The smallest absolute Gasteiger partial charge is 0.408 e. The number of alkyl carbamates (subject to hydrolysis) is 1. The zero-order valence-electron chi connectivity index (χ0n) is 15.7. The van der Waals surface area contributed by atoms with Crippen LogP contribution < -0.4 is 10.0 Å². The van der Waals surface area contributed by atoms with Crippen molar-refractivity contribution in [3.05, 3.63) is 83.7 Å². The van der Waals surface area contributed by atoms with Crippen LogP contribution in [-0.2, 0) is 27.8 Å². The van der Waals surface area contributed by atoms with E-state index in [2.05, 4.69) is 14.4 Å². The number of ether oxygens (including phenoxy) is 1. The molecule has 1 aliphatic rings. The van der Waals surface area contributed by atoms with Gasteiger partial charge >= 0.3 is 6.09 Å². The van der Waals surface area contributed by atoms with Gasteiger partial charge in [0.25, 0.3) is 0 Å². The Bertz CT molecular complexity index is 873. The Morgan fingerprint density at radius 3 is 2.75 bits per heavy atom. The van der Waals surface area contributed by atoms with E-state index in [0.717, 1.165) is 5.56 Å². The van der Waals surface area contributed by atoms with Crippen molar-refractivity contribution in [3.8, 4) is 0 Å².